The van der Waals surface area contributed by atoms with Crippen molar-refractivity contribution < 1.29 is 19.1 Å². The van der Waals surface area contributed by atoms with Crippen LogP contribution < -0.4 is 14.4 Å². The van der Waals surface area contributed by atoms with Gasteiger partial charge in [-0.25, -0.2) is 0 Å². The lowest BCUT2D eigenvalue weighted by Gasteiger charge is -2.26. The number of hydrogen-bond donors (Lipinski definition) is 0. The normalized spacial score (nSPS) is 14.0. The second-order valence-corrected chi connectivity index (χ2v) is 7.32. The predicted octanol–water partition coefficient (Wildman–Crippen LogP) is 3.60. The molecule has 0 spiro atoms. The molecule has 0 fully saturated rings. The highest BCUT2D eigenvalue weighted by Crippen LogP contribution is 2.33. The summed E-state index contributed by atoms with van der Waals surface area (Å²) in [7, 11) is 0. The van der Waals surface area contributed by atoms with Gasteiger partial charge in [-0.15, -0.1) is 0 Å². The lowest BCUT2D eigenvalue weighted by atomic mass is 10.1. The summed E-state index contributed by atoms with van der Waals surface area (Å²) in [6.45, 7) is 1.05. The van der Waals surface area contributed by atoms with Crippen LogP contribution in [0.1, 0.15) is 21.5 Å². The lowest BCUT2D eigenvalue weighted by Crippen LogP contribution is -2.40. The molecule has 0 atom stereocenters. The van der Waals surface area contributed by atoms with Gasteiger partial charge in [0.25, 0.3) is 5.91 Å². The summed E-state index contributed by atoms with van der Waals surface area (Å²) in [4.78, 5) is 29.3. The number of amides is 2. The lowest BCUT2D eigenvalue weighted by molar-refractivity contribution is -0.119. The van der Waals surface area contributed by atoms with Gasteiger partial charge in [0.15, 0.2) is 11.5 Å². The molecule has 0 unspecified atom stereocenters. The van der Waals surface area contributed by atoms with E-state index in [2.05, 4.69) is 0 Å². The van der Waals surface area contributed by atoms with Crippen LogP contribution in [0, 0.1) is 0 Å². The molecule has 3 aromatic carbocycles. The zero-order valence-electron chi connectivity index (χ0n) is 16.3. The summed E-state index contributed by atoms with van der Waals surface area (Å²) in [5.74, 6) is 1.14. The minimum Gasteiger partial charge on any atom is -0.454 e. The van der Waals surface area contributed by atoms with Gasteiger partial charge < -0.3 is 19.3 Å². The fraction of sp³-hybridized carbons (Fsp3) is 0.167. The molecule has 0 aromatic heterocycles. The number of carbonyl (C=O) groups excluding carboxylic acids is 2. The van der Waals surface area contributed by atoms with Crippen molar-refractivity contribution in [3.8, 4) is 11.5 Å². The van der Waals surface area contributed by atoms with Gasteiger partial charge in [-0.1, -0.05) is 42.5 Å². The summed E-state index contributed by atoms with van der Waals surface area (Å²) in [5.41, 5.74) is 3.33. The number of hydrogen-bond acceptors (Lipinski definition) is 4. The first-order valence-corrected chi connectivity index (χ1v) is 9.80. The van der Waals surface area contributed by atoms with Crippen LogP contribution in [0.2, 0.25) is 0 Å². The largest absolute Gasteiger partial charge is 0.454 e. The molecule has 30 heavy (non-hydrogen) atoms. The molecule has 0 N–H and O–H groups in total. The Balaban J connectivity index is 1.38. The highest BCUT2D eigenvalue weighted by Gasteiger charge is 2.30. The zero-order valence-corrected chi connectivity index (χ0v) is 16.3. The number of ether oxygens (including phenoxy) is 2. The Bertz CT molecular complexity index is 1110. The number of fused-ring (bicyclic) bond motifs is 2. The topological polar surface area (TPSA) is 59.1 Å². The van der Waals surface area contributed by atoms with Crippen molar-refractivity contribution in [2.45, 2.75) is 13.1 Å². The van der Waals surface area contributed by atoms with E-state index in [1.54, 1.807) is 9.80 Å². The van der Waals surface area contributed by atoms with Gasteiger partial charge in [-0.3, -0.25) is 9.59 Å². The first-order chi connectivity index (χ1) is 14.7. The van der Waals surface area contributed by atoms with Gasteiger partial charge in [0.05, 0.1) is 6.54 Å². The summed E-state index contributed by atoms with van der Waals surface area (Å²) in [5, 5.41) is 0. The number of para-hydroxylation sites is 1. The zero-order chi connectivity index (χ0) is 20.5. The number of rotatable bonds is 5. The first-order valence-electron chi connectivity index (χ1n) is 9.80. The van der Waals surface area contributed by atoms with Crippen molar-refractivity contribution in [2.24, 2.45) is 0 Å². The minimum atomic E-state index is -0.139. The van der Waals surface area contributed by atoms with Gasteiger partial charge in [-0.05, 0) is 41.5 Å². The number of benzene rings is 3. The quantitative estimate of drug-likeness (QED) is 0.657. The van der Waals surface area contributed by atoms with Gasteiger partial charge in [-0.2, -0.15) is 0 Å². The van der Waals surface area contributed by atoms with E-state index in [1.165, 1.54) is 0 Å². The maximum atomic E-state index is 13.3. The second-order valence-electron chi connectivity index (χ2n) is 7.32. The van der Waals surface area contributed by atoms with E-state index >= 15 is 0 Å². The molecule has 150 valence electrons. The highest BCUT2D eigenvalue weighted by atomic mass is 16.7. The van der Waals surface area contributed by atoms with E-state index in [9.17, 15) is 9.59 Å². The molecule has 2 amide bonds. The molecule has 2 heterocycles. The molecule has 0 radical (unpaired) electrons. The summed E-state index contributed by atoms with van der Waals surface area (Å²) < 4.78 is 10.8. The van der Waals surface area contributed by atoms with Crippen LogP contribution >= 0.6 is 0 Å². The number of nitrogens with zero attached hydrogens (tertiary/aromatic N) is 2. The molecular weight excluding hydrogens is 380 g/mol. The van der Waals surface area contributed by atoms with Gasteiger partial charge in [0.2, 0.25) is 12.7 Å². The van der Waals surface area contributed by atoms with Gasteiger partial charge in [0.1, 0.15) is 6.54 Å². The second kappa shape index (κ2) is 7.55. The molecule has 6 heteroatoms. The minimum absolute atomic E-state index is 0.0208. The molecule has 0 saturated heterocycles. The fourth-order valence-electron chi connectivity index (χ4n) is 3.84. The molecular formula is C24H20N2O4. The van der Waals surface area contributed by atoms with Gasteiger partial charge >= 0.3 is 0 Å². The highest BCUT2D eigenvalue weighted by molar-refractivity contribution is 6.02. The van der Waals surface area contributed by atoms with Crippen LogP contribution in [0.3, 0.4) is 0 Å². The van der Waals surface area contributed by atoms with Crippen LogP contribution in [0.5, 0.6) is 11.5 Å². The Hall–Kier alpha value is -3.80. The Kier molecular flexibility index (Phi) is 4.59. The van der Waals surface area contributed by atoms with E-state index in [0.29, 0.717) is 30.2 Å². The van der Waals surface area contributed by atoms with Gasteiger partial charge in [0, 0.05) is 17.8 Å². The third-order valence-corrected chi connectivity index (χ3v) is 5.37. The van der Waals surface area contributed by atoms with E-state index < -0.39 is 0 Å². The summed E-state index contributed by atoms with van der Waals surface area (Å²) >= 11 is 0. The Morgan fingerprint density at radius 2 is 1.70 bits per heavy atom. The SMILES string of the molecule is O=C1c2ccccc2CN1CC(=O)N(Cc1ccc2c(c1)OCO2)c1ccccc1. The molecule has 6 nitrogen and oxygen atoms in total. The first kappa shape index (κ1) is 18.2. The van der Waals surface area contributed by atoms with Crippen molar-refractivity contribution in [1.29, 1.82) is 0 Å². The average Bonchev–Trinajstić information content (AvgIpc) is 3.37. The number of carbonyl (C=O) groups is 2. The third kappa shape index (κ3) is 3.37. The summed E-state index contributed by atoms with van der Waals surface area (Å²) in [6.07, 6.45) is 0. The molecule has 3 aromatic rings. The van der Waals surface area contributed by atoms with Crippen molar-refractivity contribution in [3.05, 3.63) is 89.5 Å². The average molecular weight is 400 g/mol. The van der Waals surface area contributed by atoms with E-state index in [4.69, 9.17) is 9.47 Å². The van der Waals surface area contributed by atoms with Crippen molar-refractivity contribution in [3.63, 3.8) is 0 Å². The summed E-state index contributed by atoms with van der Waals surface area (Å²) in [6, 6.07) is 22.7. The molecule has 2 aliphatic heterocycles. The fourth-order valence-corrected chi connectivity index (χ4v) is 3.84. The maximum absolute atomic E-state index is 13.3. The predicted molar refractivity (Wildman–Crippen MR) is 111 cm³/mol. The van der Waals surface area contributed by atoms with Crippen LogP contribution in [-0.4, -0.2) is 30.1 Å². The molecule has 5 rings (SSSR count). The van der Waals surface area contributed by atoms with E-state index in [-0.39, 0.29) is 25.2 Å². The molecule has 0 saturated carbocycles. The monoisotopic (exact) mass is 400 g/mol. The Morgan fingerprint density at radius 3 is 2.53 bits per heavy atom. The smallest absolute Gasteiger partial charge is 0.254 e. The van der Waals surface area contributed by atoms with Crippen LogP contribution in [0.4, 0.5) is 5.69 Å². The van der Waals surface area contributed by atoms with E-state index in [1.807, 2.05) is 72.8 Å². The van der Waals surface area contributed by atoms with E-state index in [0.717, 1.165) is 16.8 Å². The number of anilines is 1. The Labute approximate surface area is 174 Å². The molecule has 2 aliphatic rings. The van der Waals surface area contributed by atoms with Crippen molar-refractivity contribution in [1.82, 2.24) is 4.90 Å². The third-order valence-electron chi connectivity index (χ3n) is 5.37. The molecule has 0 aliphatic carbocycles. The van der Waals surface area contributed by atoms with Crippen LogP contribution in [-0.2, 0) is 17.9 Å². The maximum Gasteiger partial charge on any atom is 0.254 e. The van der Waals surface area contributed by atoms with Crippen LogP contribution in [0.15, 0.2) is 72.8 Å². The Morgan fingerprint density at radius 1 is 0.933 bits per heavy atom. The standard InChI is InChI=1S/C24H20N2O4/c27-23(15-25-14-18-6-4-5-9-20(18)24(25)28)26(19-7-2-1-3-8-19)13-17-10-11-21-22(12-17)30-16-29-21/h1-12H,13-16H2. The molecule has 0 bridgehead atoms. The van der Waals surface area contributed by atoms with Crippen LogP contribution in [0.25, 0.3) is 0 Å². The van der Waals surface area contributed by atoms with Crippen molar-refractivity contribution >= 4 is 17.5 Å². The van der Waals surface area contributed by atoms with Crippen molar-refractivity contribution in [2.75, 3.05) is 18.2 Å².